The third-order valence-electron chi connectivity index (χ3n) is 3.81. The van der Waals surface area contributed by atoms with Crippen molar-refractivity contribution in [2.45, 2.75) is 38.6 Å². The van der Waals surface area contributed by atoms with Crippen molar-refractivity contribution in [2.24, 2.45) is 0 Å². The fourth-order valence-electron chi connectivity index (χ4n) is 2.82. The number of nitrogens with one attached hydrogen (secondary N) is 1. The number of hydrogen-bond acceptors (Lipinski definition) is 3. The van der Waals surface area contributed by atoms with Gasteiger partial charge in [0.2, 0.25) is 0 Å². The number of halogens is 2. The van der Waals surface area contributed by atoms with Gasteiger partial charge in [0, 0.05) is 21.3 Å². The van der Waals surface area contributed by atoms with E-state index in [9.17, 15) is 0 Å². The molecular formula is C16H18Cl2N2S. The van der Waals surface area contributed by atoms with Crippen LogP contribution >= 0.6 is 34.5 Å². The van der Waals surface area contributed by atoms with Crippen LogP contribution in [0.3, 0.4) is 0 Å². The third kappa shape index (κ3) is 3.42. The number of hydrogen-bond donors (Lipinski definition) is 1. The number of fused-ring (bicyclic) bond motifs is 1. The molecule has 0 aliphatic heterocycles. The average Bonchev–Trinajstić information content (AvgIpc) is 2.86. The molecule has 2 nitrogen and oxygen atoms in total. The highest BCUT2D eigenvalue weighted by molar-refractivity contribution is 7.11. The molecule has 1 heterocycles. The van der Waals surface area contributed by atoms with Gasteiger partial charge in [-0.15, -0.1) is 11.3 Å². The van der Waals surface area contributed by atoms with Gasteiger partial charge in [0.1, 0.15) is 0 Å². The molecule has 1 aliphatic carbocycles. The molecule has 0 amide bonds. The van der Waals surface area contributed by atoms with E-state index in [2.05, 4.69) is 12.2 Å². The topological polar surface area (TPSA) is 24.9 Å². The van der Waals surface area contributed by atoms with Gasteiger partial charge >= 0.3 is 0 Å². The summed E-state index contributed by atoms with van der Waals surface area (Å²) in [4.78, 5) is 6.31. The second-order valence-electron chi connectivity index (χ2n) is 5.33. The number of thiazole rings is 1. The predicted octanol–water partition coefficient (Wildman–Crippen LogP) is 5.03. The van der Waals surface area contributed by atoms with Crippen LogP contribution in [0.5, 0.6) is 0 Å². The van der Waals surface area contributed by atoms with E-state index in [1.54, 1.807) is 6.07 Å². The van der Waals surface area contributed by atoms with Crippen molar-refractivity contribution in [3.05, 3.63) is 49.4 Å². The lowest BCUT2D eigenvalue weighted by Gasteiger charge is -2.21. The van der Waals surface area contributed by atoms with E-state index in [0.29, 0.717) is 11.1 Å². The second kappa shape index (κ2) is 6.66. The predicted molar refractivity (Wildman–Crippen MR) is 90.7 cm³/mol. The summed E-state index contributed by atoms with van der Waals surface area (Å²) in [5, 5.41) is 6.08. The van der Waals surface area contributed by atoms with Crippen LogP contribution in [0.25, 0.3) is 0 Å². The quantitative estimate of drug-likeness (QED) is 0.844. The number of aromatic nitrogens is 1. The normalized spacial score (nSPS) is 17.8. The first kappa shape index (κ1) is 15.3. The molecule has 0 radical (unpaired) electrons. The lowest BCUT2D eigenvalue weighted by Crippen LogP contribution is -2.24. The largest absolute Gasteiger partial charge is 0.309 e. The summed E-state index contributed by atoms with van der Waals surface area (Å²) in [6.07, 6.45) is 4.37. The summed E-state index contributed by atoms with van der Waals surface area (Å²) < 4.78 is 0. The van der Waals surface area contributed by atoms with Gasteiger partial charge in [-0.2, -0.15) is 0 Å². The Bertz CT molecular complexity index is 639. The van der Waals surface area contributed by atoms with Gasteiger partial charge in [0.15, 0.2) is 0 Å². The first-order valence-electron chi connectivity index (χ1n) is 7.33. The summed E-state index contributed by atoms with van der Waals surface area (Å²) >= 11 is 14.0. The van der Waals surface area contributed by atoms with Crippen molar-refractivity contribution < 1.29 is 0 Å². The zero-order valence-corrected chi connectivity index (χ0v) is 14.3. The first-order chi connectivity index (χ1) is 10.2. The van der Waals surface area contributed by atoms with Crippen molar-refractivity contribution >= 4 is 34.5 Å². The van der Waals surface area contributed by atoms with E-state index in [0.717, 1.165) is 35.0 Å². The van der Waals surface area contributed by atoms with Gasteiger partial charge in [-0.05, 0) is 43.5 Å². The van der Waals surface area contributed by atoms with Crippen LogP contribution in [0.4, 0.5) is 0 Å². The SMILES string of the molecule is CCNC1CCCc2sc(Cc3ccc(Cl)cc3Cl)nc21. The zero-order valence-electron chi connectivity index (χ0n) is 12.0. The summed E-state index contributed by atoms with van der Waals surface area (Å²) in [6.45, 7) is 3.13. The summed E-state index contributed by atoms with van der Waals surface area (Å²) in [6, 6.07) is 6.10. The molecule has 1 N–H and O–H groups in total. The van der Waals surface area contributed by atoms with E-state index in [-0.39, 0.29) is 0 Å². The Morgan fingerprint density at radius 2 is 2.24 bits per heavy atom. The second-order valence-corrected chi connectivity index (χ2v) is 7.34. The molecule has 5 heteroatoms. The van der Waals surface area contributed by atoms with Crippen molar-refractivity contribution in [1.82, 2.24) is 10.3 Å². The van der Waals surface area contributed by atoms with Crippen molar-refractivity contribution in [1.29, 1.82) is 0 Å². The number of aryl methyl sites for hydroxylation is 1. The van der Waals surface area contributed by atoms with Crippen LogP contribution in [0.2, 0.25) is 10.0 Å². The zero-order chi connectivity index (χ0) is 14.8. The van der Waals surface area contributed by atoms with Gasteiger partial charge in [-0.3, -0.25) is 0 Å². The maximum atomic E-state index is 6.26. The Labute approximate surface area is 139 Å². The first-order valence-corrected chi connectivity index (χ1v) is 8.90. The summed E-state index contributed by atoms with van der Waals surface area (Å²) in [7, 11) is 0. The van der Waals surface area contributed by atoms with Crippen LogP contribution in [-0.2, 0) is 12.8 Å². The lowest BCUT2D eigenvalue weighted by molar-refractivity contribution is 0.465. The van der Waals surface area contributed by atoms with Gasteiger partial charge in [-0.25, -0.2) is 4.98 Å². The Kier molecular flexibility index (Phi) is 4.85. The summed E-state index contributed by atoms with van der Waals surface area (Å²) in [5.41, 5.74) is 2.35. The fourth-order valence-corrected chi connectivity index (χ4v) is 4.49. The lowest BCUT2D eigenvalue weighted by atomic mass is 9.98. The molecule has 0 saturated heterocycles. The monoisotopic (exact) mass is 340 g/mol. The Hall–Kier alpha value is -0.610. The maximum absolute atomic E-state index is 6.26. The smallest absolute Gasteiger partial charge is 0.0976 e. The van der Waals surface area contributed by atoms with Crippen molar-refractivity contribution in [2.75, 3.05) is 6.54 Å². The Morgan fingerprint density at radius 3 is 3.00 bits per heavy atom. The maximum Gasteiger partial charge on any atom is 0.0976 e. The van der Waals surface area contributed by atoms with E-state index >= 15 is 0 Å². The molecule has 3 rings (SSSR count). The standard InChI is InChI=1S/C16H18Cl2N2S/c1-2-19-13-4-3-5-14-16(13)20-15(21-14)8-10-6-7-11(17)9-12(10)18/h6-7,9,13,19H,2-5,8H2,1H3. The third-order valence-corrected chi connectivity index (χ3v) is 5.52. The fraction of sp³-hybridized carbons (Fsp3) is 0.438. The summed E-state index contributed by atoms with van der Waals surface area (Å²) in [5.74, 6) is 0. The van der Waals surface area contributed by atoms with E-state index in [4.69, 9.17) is 28.2 Å². The molecule has 0 saturated carbocycles. The van der Waals surface area contributed by atoms with Crippen LogP contribution in [-0.4, -0.2) is 11.5 Å². The molecule has 1 unspecified atom stereocenters. The Morgan fingerprint density at radius 1 is 1.38 bits per heavy atom. The Balaban J connectivity index is 1.84. The van der Waals surface area contributed by atoms with Crippen molar-refractivity contribution in [3.8, 4) is 0 Å². The number of rotatable bonds is 4. The van der Waals surface area contributed by atoms with Crippen LogP contribution in [0.1, 0.15) is 46.9 Å². The van der Waals surface area contributed by atoms with Gasteiger partial charge in [0.05, 0.1) is 16.7 Å². The van der Waals surface area contributed by atoms with E-state index in [1.165, 1.54) is 23.4 Å². The molecule has 1 aliphatic rings. The molecule has 112 valence electrons. The van der Waals surface area contributed by atoms with Crippen LogP contribution in [0.15, 0.2) is 18.2 Å². The van der Waals surface area contributed by atoms with Crippen LogP contribution < -0.4 is 5.32 Å². The molecule has 1 atom stereocenters. The molecular weight excluding hydrogens is 323 g/mol. The van der Waals surface area contributed by atoms with E-state index in [1.807, 2.05) is 23.5 Å². The minimum absolute atomic E-state index is 0.421. The molecule has 1 aromatic carbocycles. The highest BCUT2D eigenvalue weighted by atomic mass is 35.5. The molecule has 21 heavy (non-hydrogen) atoms. The molecule has 0 spiro atoms. The highest BCUT2D eigenvalue weighted by Gasteiger charge is 2.24. The van der Waals surface area contributed by atoms with Crippen LogP contribution in [0, 0.1) is 0 Å². The molecule has 1 aromatic heterocycles. The average molecular weight is 341 g/mol. The number of benzene rings is 1. The van der Waals surface area contributed by atoms with Gasteiger partial charge in [0.25, 0.3) is 0 Å². The molecule has 0 bridgehead atoms. The van der Waals surface area contributed by atoms with E-state index < -0.39 is 0 Å². The highest BCUT2D eigenvalue weighted by Crippen LogP contribution is 2.34. The van der Waals surface area contributed by atoms with Gasteiger partial charge in [-0.1, -0.05) is 36.2 Å². The number of nitrogens with zero attached hydrogens (tertiary/aromatic N) is 1. The van der Waals surface area contributed by atoms with Crippen molar-refractivity contribution in [3.63, 3.8) is 0 Å². The molecule has 0 fully saturated rings. The van der Waals surface area contributed by atoms with Gasteiger partial charge < -0.3 is 5.32 Å². The molecule has 2 aromatic rings. The minimum atomic E-state index is 0.421. The minimum Gasteiger partial charge on any atom is -0.309 e.